The first-order valence-corrected chi connectivity index (χ1v) is 10.8. The number of benzene rings is 2. The largest absolute Gasteiger partial charge is 0.495 e. The van der Waals surface area contributed by atoms with Crippen LogP contribution in [-0.4, -0.2) is 33.5 Å². The van der Waals surface area contributed by atoms with Gasteiger partial charge in [0.15, 0.2) is 11.0 Å². The Morgan fingerprint density at radius 3 is 2.70 bits per heavy atom. The predicted molar refractivity (Wildman–Crippen MR) is 123 cm³/mol. The summed E-state index contributed by atoms with van der Waals surface area (Å²) in [5, 5.41) is 13.2. The summed E-state index contributed by atoms with van der Waals surface area (Å²) < 4.78 is 7.10. The molecule has 0 aliphatic rings. The third-order valence-electron chi connectivity index (χ3n) is 3.97. The molecule has 156 valence electrons. The Morgan fingerprint density at radius 2 is 2.00 bits per heavy atom. The van der Waals surface area contributed by atoms with E-state index in [9.17, 15) is 4.79 Å². The number of hydrogen-bond donors (Lipinski definition) is 1. The average molecular weight is 484 g/mol. The highest BCUT2D eigenvalue weighted by atomic mass is 35.5. The number of thioether (sulfide) groups is 1. The number of aromatic nitrogens is 3. The van der Waals surface area contributed by atoms with Crippen LogP contribution in [0.1, 0.15) is 0 Å². The number of methoxy groups -OCH3 is 1. The van der Waals surface area contributed by atoms with Crippen molar-refractivity contribution in [2.45, 2.75) is 11.7 Å². The summed E-state index contributed by atoms with van der Waals surface area (Å²) in [5.74, 6) is 1.01. The number of rotatable bonds is 8. The Balaban J connectivity index is 1.76. The van der Waals surface area contributed by atoms with Crippen molar-refractivity contribution in [3.05, 3.63) is 64.1 Å². The summed E-state index contributed by atoms with van der Waals surface area (Å²) in [6.07, 6.45) is 1.73. The van der Waals surface area contributed by atoms with Crippen molar-refractivity contribution in [2.75, 3.05) is 18.2 Å². The predicted octanol–water partition coefficient (Wildman–Crippen LogP) is 5.83. The molecule has 0 radical (unpaired) electrons. The molecule has 0 aliphatic carbocycles. The van der Waals surface area contributed by atoms with Crippen LogP contribution >= 0.6 is 46.6 Å². The topological polar surface area (TPSA) is 69.0 Å². The second kappa shape index (κ2) is 10.2. The highest BCUT2D eigenvalue weighted by Gasteiger charge is 2.16. The maximum atomic E-state index is 12.5. The van der Waals surface area contributed by atoms with E-state index in [1.54, 1.807) is 36.4 Å². The van der Waals surface area contributed by atoms with E-state index in [2.05, 4.69) is 22.1 Å². The monoisotopic (exact) mass is 482 g/mol. The molecule has 0 aliphatic heterocycles. The third-order valence-corrected chi connectivity index (χ3v) is 5.92. The van der Waals surface area contributed by atoms with Gasteiger partial charge in [-0.25, -0.2) is 0 Å². The second-order valence-corrected chi connectivity index (χ2v) is 8.21. The van der Waals surface area contributed by atoms with Crippen LogP contribution in [0.5, 0.6) is 5.75 Å². The summed E-state index contributed by atoms with van der Waals surface area (Å²) in [7, 11) is 1.52. The second-order valence-electron chi connectivity index (χ2n) is 6.02. The molecule has 1 heterocycles. The molecule has 1 amide bonds. The maximum absolute atomic E-state index is 12.5. The van der Waals surface area contributed by atoms with E-state index in [1.165, 1.54) is 18.9 Å². The van der Waals surface area contributed by atoms with Gasteiger partial charge in [0, 0.05) is 17.1 Å². The standard InChI is InChI=1S/C20H17Cl3N4O2S/c1-3-8-27-19(12-4-6-14(22)15(23)9-12)25-26-20(27)30-11-18(28)24-16-10-13(21)5-7-17(16)29-2/h3-7,9-10H,1,8,11H2,2H3,(H,24,28). The number of nitrogens with zero attached hydrogens (tertiary/aromatic N) is 3. The summed E-state index contributed by atoms with van der Waals surface area (Å²) in [5.41, 5.74) is 1.26. The molecular weight excluding hydrogens is 467 g/mol. The molecule has 0 bridgehead atoms. The number of allylic oxidation sites excluding steroid dienone is 1. The Labute approximate surface area is 193 Å². The van der Waals surface area contributed by atoms with Crippen LogP contribution in [0.3, 0.4) is 0 Å². The zero-order valence-electron chi connectivity index (χ0n) is 15.9. The number of hydrogen-bond acceptors (Lipinski definition) is 5. The van der Waals surface area contributed by atoms with Crippen LogP contribution in [0.15, 0.2) is 54.2 Å². The Hall–Kier alpha value is -2.19. The highest BCUT2D eigenvalue weighted by molar-refractivity contribution is 7.99. The van der Waals surface area contributed by atoms with Crippen molar-refractivity contribution >= 4 is 58.2 Å². The smallest absolute Gasteiger partial charge is 0.234 e. The lowest BCUT2D eigenvalue weighted by molar-refractivity contribution is -0.113. The molecule has 1 aromatic heterocycles. The van der Waals surface area contributed by atoms with E-state index in [0.29, 0.717) is 44.0 Å². The van der Waals surface area contributed by atoms with Crippen molar-refractivity contribution in [3.8, 4) is 17.1 Å². The van der Waals surface area contributed by atoms with Gasteiger partial charge in [0.05, 0.1) is 28.6 Å². The lowest BCUT2D eigenvalue weighted by Gasteiger charge is -2.11. The number of amides is 1. The molecule has 2 aromatic carbocycles. The molecule has 0 unspecified atom stereocenters. The number of halogens is 3. The van der Waals surface area contributed by atoms with Gasteiger partial charge < -0.3 is 10.1 Å². The minimum atomic E-state index is -0.232. The third kappa shape index (κ3) is 5.29. The fraction of sp³-hybridized carbons (Fsp3) is 0.150. The van der Waals surface area contributed by atoms with Crippen LogP contribution in [0.2, 0.25) is 15.1 Å². The van der Waals surface area contributed by atoms with Crippen molar-refractivity contribution < 1.29 is 9.53 Å². The molecule has 1 N–H and O–H groups in total. The highest BCUT2D eigenvalue weighted by Crippen LogP contribution is 2.31. The molecule has 3 aromatic rings. The SMILES string of the molecule is C=CCn1c(SCC(=O)Nc2cc(Cl)ccc2OC)nnc1-c1ccc(Cl)c(Cl)c1. The van der Waals surface area contributed by atoms with Gasteiger partial charge >= 0.3 is 0 Å². The van der Waals surface area contributed by atoms with E-state index in [1.807, 2.05) is 10.6 Å². The quantitative estimate of drug-likeness (QED) is 0.322. The number of nitrogens with one attached hydrogen (secondary N) is 1. The van der Waals surface area contributed by atoms with Crippen molar-refractivity contribution in [1.82, 2.24) is 14.8 Å². The van der Waals surface area contributed by atoms with Crippen LogP contribution < -0.4 is 10.1 Å². The summed E-state index contributed by atoms with van der Waals surface area (Å²) in [6.45, 7) is 4.25. The minimum Gasteiger partial charge on any atom is -0.495 e. The number of carbonyl (C=O) groups excluding carboxylic acids is 1. The summed E-state index contributed by atoms with van der Waals surface area (Å²) >= 11 is 19.4. The van der Waals surface area contributed by atoms with Crippen molar-refractivity contribution in [3.63, 3.8) is 0 Å². The summed E-state index contributed by atoms with van der Waals surface area (Å²) in [4.78, 5) is 12.5. The van der Waals surface area contributed by atoms with Crippen LogP contribution in [0.4, 0.5) is 5.69 Å². The molecule has 0 spiro atoms. The fourth-order valence-corrected chi connectivity index (χ4v) is 3.85. The molecule has 0 saturated carbocycles. The molecule has 0 atom stereocenters. The summed E-state index contributed by atoms with van der Waals surface area (Å²) in [6, 6.07) is 10.2. The van der Waals surface area contributed by atoms with Gasteiger partial charge in [-0.15, -0.1) is 16.8 Å². The zero-order valence-corrected chi connectivity index (χ0v) is 18.9. The maximum Gasteiger partial charge on any atom is 0.234 e. The molecular formula is C20H17Cl3N4O2S. The van der Waals surface area contributed by atoms with E-state index in [0.717, 1.165) is 5.56 Å². The molecule has 3 rings (SSSR count). The number of anilines is 1. The van der Waals surface area contributed by atoms with Crippen LogP contribution in [-0.2, 0) is 11.3 Å². The lowest BCUT2D eigenvalue weighted by Crippen LogP contribution is -2.15. The van der Waals surface area contributed by atoms with Gasteiger partial charge in [-0.2, -0.15) is 0 Å². The average Bonchev–Trinajstić information content (AvgIpc) is 3.11. The fourth-order valence-electron chi connectivity index (χ4n) is 2.63. The Kier molecular flexibility index (Phi) is 7.66. The molecule has 10 heteroatoms. The van der Waals surface area contributed by atoms with Crippen molar-refractivity contribution in [1.29, 1.82) is 0 Å². The van der Waals surface area contributed by atoms with E-state index >= 15 is 0 Å². The first-order valence-electron chi connectivity index (χ1n) is 8.68. The van der Waals surface area contributed by atoms with Gasteiger partial charge in [-0.1, -0.05) is 52.6 Å². The Bertz CT molecular complexity index is 1090. The van der Waals surface area contributed by atoms with E-state index < -0.39 is 0 Å². The van der Waals surface area contributed by atoms with Crippen molar-refractivity contribution in [2.24, 2.45) is 0 Å². The van der Waals surface area contributed by atoms with Gasteiger partial charge in [-0.3, -0.25) is 9.36 Å². The molecule has 0 saturated heterocycles. The first-order chi connectivity index (χ1) is 14.4. The van der Waals surface area contributed by atoms with E-state index in [4.69, 9.17) is 39.5 Å². The molecule has 0 fully saturated rings. The molecule has 6 nitrogen and oxygen atoms in total. The van der Waals surface area contributed by atoms with E-state index in [-0.39, 0.29) is 11.7 Å². The molecule has 30 heavy (non-hydrogen) atoms. The zero-order chi connectivity index (χ0) is 21.7. The minimum absolute atomic E-state index is 0.117. The van der Waals surface area contributed by atoms with Gasteiger partial charge in [-0.05, 0) is 36.4 Å². The normalized spacial score (nSPS) is 10.7. The Morgan fingerprint density at radius 1 is 1.20 bits per heavy atom. The number of ether oxygens (including phenoxy) is 1. The van der Waals surface area contributed by atoms with Gasteiger partial charge in [0.1, 0.15) is 5.75 Å². The van der Waals surface area contributed by atoms with Gasteiger partial charge in [0.25, 0.3) is 0 Å². The van der Waals surface area contributed by atoms with Crippen LogP contribution in [0, 0.1) is 0 Å². The van der Waals surface area contributed by atoms with Gasteiger partial charge in [0.2, 0.25) is 5.91 Å². The van der Waals surface area contributed by atoms with Crippen LogP contribution in [0.25, 0.3) is 11.4 Å². The lowest BCUT2D eigenvalue weighted by atomic mass is 10.2. The first kappa shape index (κ1) is 22.5. The number of carbonyl (C=O) groups is 1.